The van der Waals surface area contributed by atoms with E-state index in [0.717, 1.165) is 11.3 Å². The molecule has 7 nitrogen and oxygen atoms in total. The lowest BCUT2D eigenvalue weighted by Gasteiger charge is -2.14. The Morgan fingerprint density at radius 1 is 1.30 bits per heavy atom. The van der Waals surface area contributed by atoms with Crippen molar-refractivity contribution in [1.82, 2.24) is 4.72 Å². The molecule has 27 heavy (non-hydrogen) atoms. The number of sulfonamides is 1. The molecule has 1 amide bonds. The summed E-state index contributed by atoms with van der Waals surface area (Å²) in [5, 5.41) is 4.08. The minimum atomic E-state index is -3.66. The van der Waals surface area contributed by atoms with E-state index in [9.17, 15) is 22.4 Å². The first-order chi connectivity index (χ1) is 12.7. The molecule has 0 radical (unpaired) electrons. The molecule has 146 valence electrons. The number of nitrogens with one attached hydrogen (secondary N) is 2. The van der Waals surface area contributed by atoms with Gasteiger partial charge in [0.05, 0.1) is 6.42 Å². The Hall–Kier alpha value is -2.30. The highest BCUT2D eigenvalue weighted by molar-refractivity contribution is 7.91. The number of aryl methyl sites for hydroxylation is 1. The molecule has 0 saturated heterocycles. The Kier molecular flexibility index (Phi) is 7.05. The van der Waals surface area contributed by atoms with Crippen LogP contribution in [0.2, 0.25) is 0 Å². The van der Waals surface area contributed by atoms with E-state index >= 15 is 0 Å². The fourth-order valence-electron chi connectivity index (χ4n) is 2.00. The van der Waals surface area contributed by atoms with Crippen LogP contribution in [0, 0.1) is 12.7 Å². The number of halogens is 1. The van der Waals surface area contributed by atoms with Crippen molar-refractivity contribution in [2.45, 2.75) is 30.6 Å². The summed E-state index contributed by atoms with van der Waals surface area (Å²) in [4.78, 5) is 23.8. The average Bonchev–Trinajstić information content (AvgIpc) is 3.13. The van der Waals surface area contributed by atoms with Gasteiger partial charge in [-0.3, -0.25) is 9.59 Å². The van der Waals surface area contributed by atoms with Gasteiger partial charge in [-0.05, 0) is 43.0 Å². The van der Waals surface area contributed by atoms with Gasteiger partial charge >= 0.3 is 5.97 Å². The van der Waals surface area contributed by atoms with Crippen LogP contribution >= 0.6 is 11.3 Å². The third kappa shape index (κ3) is 6.12. The van der Waals surface area contributed by atoms with Gasteiger partial charge in [0.25, 0.3) is 5.91 Å². The molecule has 0 fully saturated rings. The van der Waals surface area contributed by atoms with E-state index in [0.29, 0.717) is 5.56 Å². The zero-order valence-electron chi connectivity index (χ0n) is 14.7. The monoisotopic (exact) mass is 414 g/mol. The lowest BCUT2D eigenvalue weighted by Crippen LogP contribution is -2.32. The van der Waals surface area contributed by atoms with Crippen LogP contribution in [0.15, 0.2) is 39.9 Å². The van der Waals surface area contributed by atoms with Crippen LogP contribution in [-0.4, -0.2) is 32.9 Å². The lowest BCUT2D eigenvalue weighted by molar-refractivity contribution is -0.152. The number of anilines is 1. The van der Waals surface area contributed by atoms with E-state index < -0.39 is 33.8 Å². The lowest BCUT2D eigenvalue weighted by atomic mass is 10.2. The molecule has 0 aliphatic carbocycles. The smallest absolute Gasteiger partial charge is 0.307 e. The van der Waals surface area contributed by atoms with E-state index in [4.69, 9.17) is 4.74 Å². The molecule has 0 unspecified atom stereocenters. The standard InChI is InChI=1S/C17H19FN2O5S2/c1-11-5-6-13(10-14(11)18)20-17(22)12(2)25-15(21)7-8-19-27(23,24)16-4-3-9-26-16/h3-6,9-10,12,19H,7-8H2,1-2H3,(H,20,22)/t12-/m1/s1. The van der Waals surface area contributed by atoms with Crippen molar-refractivity contribution in [3.8, 4) is 0 Å². The third-order valence-corrected chi connectivity index (χ3v) is 6.36. The second-order valence-electron chi connectivity index (χ2n) is 5.67. The maximum atomic E-state index is 13.5. The molecule has 1 aromatic heterocycles. The molecule has 2 rings (SSSR count). The van der Waals surface area contributed by atoms with Gasteiger partial charge in [0.15, 0.2) is 6.10 Å². The van der Waals surface area contributed by atoms with Crippen LogP contribution in [0.25, 0.3) is 0 Å². The van der Waals surface area contributed by atoms with Crippen molar-refractivity contribution >= 4 is 38.9 Å². The molecule has 2 N–H and O–H groups in total. The minimum Gasteiger partial charge on any atom is -0.452 e. The van der Waals surface area contributed by atoms with Gasteiger partial charge in [-0.25, -0.2) is 17.5 Å². The number of amides is 1. The van der Waals surface area contributed by atoms with E-state index in [1.807, 2.05) is 0 Å². The molecule has 0 aliphatic rings. The molecule has 0 saturated carbocycles. The van der Waals surface area contributed by atoms with Crippen molar-refractivity contribution in [2.75, 3.05) is 11.9 Å². The van der Waals surface area contributed by atoms with Gasteiger partial charge in [-0.2, -0.15) is 0 Å². The van der Waals surface area contributed by atoms with Gasteiger partial charge in [-0.1, -0.05) is 12.1 Å². The first-order valence-electron chi connectivity index (χ1n) is 7.98. The summed E-state index contributed by atoms with van der Waals surface area (Å²) in [6.07, 6.45) is -1.35. The molecular weight excluding hydrogens is 395 g/mol. The first-order valence-corrected chi connectivity index (χ1v) is 10.3. The van der Waals surface area contributed by atoms with Crippen LogP contribution in [-0.2, 0) is 24.3 Å². The zero-order chi connectivity index (χ0) is 20.0. The number of hydrogen-bond donors (Lipinski definition) is 2. The van der Waals surface area contributed by atoms with Gasteiger partial charge in [0.2, 0.25) is 10.0 Å². The van der Waals surface area contributed by atoms with Gasteiger partial charge < -0.3 is 10.1 Å². The van der Waals surface area contributed by atoms with Crippen LogP contribution in [0.3, 0.4) is 0 Å². The second-order valence-corrected chi connectivity index (χ2v) is 8.61. The molecule has 0 aliphatic heterocycles. The number of benzene rings is 1. The summed E-state index contributed by atoms with van der Waals surface area (Å²) in [7, 11) is -3.66. The largest absolute Gasteiger partial charge is 0.452 e. The maximum Gasteiger partial charge on any atom is 0.307 e. The molecule has 0 spiro atoms. The van der Waals surface area contributed by atoms with Crippen molar-refractivity contribution in [3.05, 3.63) is 47.1 Å². The number of carbonyl (C=O) groups excluding carboxylic acids is 2. The van der Waals surface area contributed by atoms with Crippen molar-refractivity contribution in [1.29, 1.82) is 0 Å². The first kappa shape index (κ1) is 21.0. The summed E-state index contributed by atoms with van der Waals surface area (Å²) in [5.74, 6) is -1.82. The van der Waals surface area contributed by atoms with Crippen LogP contribution in [0.5, 0.6) is 0 Å². The Morgan fingerprint density at radius 2 is 2.04 bits per heavy atom. The Balaban J connectivity index is 1.79. The van der Waals surface area contributed by atoms with E-state index in [1.165, 1.54) is 31.2 Å². The number of esters is 1. The summed E-state index contributed by atoms with van der Waals surface area (Å²) in [5.41, 5.74) is 0.687. The summed E-state index contributed by atoms with van der Waals surface area (Å²) >= 11 is 1.06. The van der Waals surface area contributed by atoms with E-state index in [1.54, 1.807) is 18.4 Å². The van der Waals surface area contributed by atoms with Crippen molar-refractivity contribution in [2.24, 2.45) is 0 Å². The SMILES string of the molecule is Cc1ccc(NC(=O)[C@@H](C)OC(=O)CCNS(=O)(=O)c2cccs2)cc1F. The highest BCUT2D eigenvalue weighted by Gasteiger charge is 2.19. The van der Waals surface area contributed by atoms with Crippen LogP contribution in [0.4, 0.5) is 10.1 Å². The number of hydrogen-bond acceptors (Lipinski definition) is 6. The van der Waals surface area contributed by atoms with Gasteiger partial charge in [-0.15, -0.1) is 11.3 Å². The van der Waals surface area contributed by atoms with Crippen LogP contribution in [0.1, 0.15) is 18.9 Å². The fraction of sp³-hybridized carbons (Fsp3) is 0.294. The van der Waals surface area contributed by atoms with Crippen molar-refractivity contribution < 1.29 is 27.1 Å². The second kappa shape index (κ2) is 9.07. The predicted octanol–water partition coefficient (Wildman–Crippen LogP) is 2.43. The van der Waals surface area contributed by atoms with E-state index in [2.05, 4.69) is 10.0 Å². The number of ether oxygens (including phenoxy) is 1. The fourth-order valence-corrected chi connectivity index (χ4v) is 4.07. The van der Waals surface area contributed by atoms with Gasteiger partial charge in [0.1, 0.15) is 10.0 Å². The summed E-state index contributed by atoms with van der Waals surface area (Å²) in [6.45, 7) is 2.81. The Labute approximate surface area is 160 Å². The summed E-state index contributed by atoms with van der Waals surface area (Å²) in [6, 6.07) is 7.27. The number of rotatable bonds is 8. The Bertz CT molecular complexity index is 913. The zero-order valence-corrected chi connectivity index (χ0v) is 16.3. The van der Waals surface area contributed by atoms with Crippen LogP contribution < -0.4 is 10.0 Å². The quantitative estimate of drug-likeness (QED) is 0.646. The highest BCUT2D eigenvalue weighted by Crippen LogP contribution is 2.15. The highest BCUT2D eigenvalue weighted by atomic mass is 32.2. The predicted molar refractivity (Wildman–Crippen MR) is 99.4 cm³/mol. The molecule has 0 bridgehead atoms. The maximum absolute atomic E-state index is 13.5. The molecular formula is C17H19FN2O5S2. The third-order valence-electron chi connectivity index (χ3n) is 3.50. The van der Waals surface area contributed by atoms with Gasteiger partial charge in [0, 0.05) is 12.2 Å². The summed E-state index contributed by atoms with van der Waals surface area (Å²) < 4.78 is 44.7. The molecule has 1 atom stereocenters. The van der Waals surface area contributed by atoms with Crippen molar-refractivity contribution in [3.63, 3.8) is 0 Å². The molecule has 2 aromatic rings. The minimum absolute atomic E-state index is 0.147. The number of carbonyl (C=O) groups is 2. The molecule has 1 aromatic carbocycles. The normalized spacial score (nSPS) is 12.4. The number of thiophene rings is 1. The average molecular weight is 414 g/mol. The Morgan fingerprint density at radius 3 is 2.67 bits per heavy atom. The van der Waals surface area contributed by atoms with E-state index in [-0.39, 0.29) is 22.9 Å². The topological polar surface area (TPSA) is 102 Å². The molecule has 1 heterocycles. The molecule has 10 heteroatoms.